The number of ether oxygens (including phenoxy) is 1. The first kappa shape index (κ1) is 17.5. The van der Waals surface area contributed by atoms with Gasteiger partial charge in [-0.3, -0.25) is 24.5 Å². The van der Waals surface area contributed by atoms with E-state index in [0.29, 0.717) is 0 Å². The van der Waals surface area contributed by atoms with Gasteiger partial charge in [0.25, 0.3) is 5.56 Å². The highest BCUT2D eigenvalue weighted by atomic mass is 19.1. The standard InChI is InChI=1S/C15H21FN6O3/c1-6(2)12(23)20-15-19-11-10(13(24)21-15)18-5-22(11)14-9(16)7(3)8(4-17)25-14/h5-9,14H,4,17H2,1-3H3,(H2,19,20,21,23,24)/t7-,8-,9-,14-/m1/s1. The normalized spacial score (nSPS) is 26.5. The van der Waals surface area contributed by atoms with Crippen LogP contribution >= 0.6 is 0 Å². The Labute approximate surface area is 142 Å². The van der Waals surface area contributed by atoms with E-state index in [1.54, 1.807) is 20.8 Å². The van der Waals surface area contributed by atoms with Crippen LogP contribution in [0.4, 0.5) is 10.3 Å². The molecule has 2 aromatic rings. The van der Waals surface area contributed by atoms with Crippen molar-refractivity contribution in [1.82, 2.24) is 19.5 Å². The molecule has 3 heterocycles. The summed E-state index contributed by atoms with van der Waals surface area (Å²) in [5.74, 6) is -0.999. The molecule has 0 unspecified atom stereocenters. The van der Waals surface area contributed by atoms with Gasteiger partial charge in [-0.05, 0) is 0 Å². The molecule has 0 spiro atoms. The number of rotatable bonds is 4. The fraction of sp³-hybridized carbons (Fsp3) is 0.600. The molecule has 3 rings (SSSR count). The molecule has 1 aliphatic heterocycles. The van der Waals surface area contributed by atoms with Gasteiger partial charge in [-0.25, -0.2) is 9.37 Å². The van der Waals surface area contributed by atoms with Gasteiger partial charge in [-0.15, -0.1) is 0 Å². The van der Waals surface area contributed by atoms with Gasteiger partial charge in [-0.2, -0.15) is 4.98 Å². The maximum absolute atomic E-state index is 14.6. The second kappa shape index (κ2) is 6.52. The molecule has 1 amide bonds. The number of alkyl halides is 1. The van der Waals surface area contributed by atoms with E-state index in [2.05, 4.69) is 20.3 Å². The van der Waals surface area contributed by atoms with E-state index in [0.717, 1.165) is 0 Å². The molecular formula is C15H21FN6O3. The maximum atomic E-state index is 14.6. The molecule has 4 atom stereocenters. The van der Waals surface area contributed by atoms with Crippen LogP contribution in [0.3, 0.4) is 0 Å². The number of nitrogens with two attached hydrogens (primary N) is 1. The largest absolute Gasteiger partial charge is 0.350 e. The molecule has 0 saturated carbocycles. The molecule has 1 aliphatic rings. The fourth-order valence-electron chi connectivity index (χ4n) is 2.76. The first-order valence-corrected chi connectivity index (χ1v) is 8.10. The highest BCUT2D eigenvalue weighted by molar-refractivity contribution is 5.91. The van der Waals surface area contributed by atoms with E-state index in [1.165, 1.54) is 10.9 Å². The number of hydrogen-bond acceptors (Lipinski definition) is 6. The number of H-pyrrole nitrogens is 1. The van der Waals surface area contributed by atoms with Crippen molar-refractivity contribution in [3.63, 3.8) is 0 Å². The summed E-state index contributed by atoms with van der Waals surface area (Å²) in [4.78, 5) is 34.6. The van der Waals surface area contributed by atoms with E-state index < -0.39 is 30.0 Å². The van der Waals surface area contributed by atoms with Crippen molar-refractivity contribution in [2.24, 2.45) is 17.6 Å². The Balaban J connectivity index is 2.01. The molecule has 0 radical (unpaired) electrons. The molecule has 25 heavy (non-hydrogen) atoms. The number of halogens is 1. The highest BCUT2D eigenvalue weighted by Gasteiger charge is 2.43. The van der Waals surface area contributed by atoms with Crippen LogP contribution in [0.1, 0.15) is 27.0 Å². The Morgan fingerprint density at radius 3 is 2.88 bits per heavy atom. The monoisotopic (exact) mass is 352 g/mol. The van der Waals surface area contributed by atoms with E-state index in [4.69, 9.17) is 10.5 Å². The molecule has 136 valence electrons. The quantitative estimate of drug-likeness (QED) is 0.737. The highest BCUT2D eigenvalue weighted by Crippen LogP contribution is 2.36. The molecule has 1 fully saturated rings. The fourth-order valence-corrected chi connectivity index (χ4v) is 2.76. The molecule has 4 N–H and O–H groups in total. The van der Waals surface area contributed by atoms with Crippen LogP contribution in [0.25, 0.3) is 11.2 Å². The van der Waals surface area contributed by atoms with Crippen molar-refractivity contribution < 1.29 is 13.9 Å². The predicted octanol–water partition coefficient (Wildman–Crippen LogP) is 0.544. The predicted molar refractivity (Wildman–Crippen MR) is 88.6 cm³/mol. The topological polar surface area (TPSA) is 128 Å². The van der Waals surface area contributed by atoms with Crippen LogP contribution < -0.4 is 16.6 Å². The zero-order chi connectivity index (χ0) is 18.3. The number of imidazole rings is 1. The minimum Gasteiger partial charge on any atom is -0.350 e. The Morgan fingerprint density at radius 1 is 1.56 bits per heavy atom. The third-order valence-electron chi connectivity index (χ3n) is 4.38. The van der Waals surface area contributed by atoms with Gasteiger partial charge in [0.15, 0.2) is 23.6 Å². The van der Waals surface area contributed by atoms with Gasteiger partial charge in [0.2, 0.25) is 11.9 Å². The first-order chi connectivity index (χ1) is 11.8. The minimum atomic E-state index is -1.32. The van der Waals surface area contributed by atoms with Gasteiger partial charge in [0, 0.05) is 18.4 Å². The van der Waals surface area contributed by atoms with Crippen LogP contribution in [0, 0.1) is 11.8 Å². The molecule has 9 nitrogen and oxygen atoms in total. The summed E-state index contributed by atoms with van der Waals surface area (Å²) in [6, 6.07) is 0. The molecule has 2 aromatic heterocycles. The van der Waals surface area contributed by atoms with E-state index in [-0.39, 0.29) is 35.5 Å². The van der Waals surface area contributed by atoms with Crippen LogP contribution in [-0.2, 0) is 9.53 Å². The number of aromatic nitrogens is 4. The molecule has 1 saturated heterocycles. The second-order valence-electron chi connectivity index (χ2n) is 6.49. The number of amides is 1. The number of anilines is 1. The van der Waals surface area contributed by atoms with E-state index in [1.807, 2.05) is 0 Å². The third-order valence-corrected chi connectivity index (χ3v) is 4.38. The number of carbonyl (C=O) groups is 1. The van der Waals surface area contributed by atoms with Gasteiger partial charge < -0.3 is 10.5 Å². The number of nitrogens with zero attached hydrogens (tertiary/aromatic N) is 3. The lowest BCUT2D eigenvalue weighted by atomic mass is 10.0. The van der Waals surface area contributed by atoms with Crippen LogP contribution in [0.5, 0.6) is 0 Å². The summed E-state index contributed by atoms with van der Waals surface area (Å²) in [5.41, 5.74) is 5.27. The summed E-state index contributed by atoms with van der Waals surface area (Å²) in [6.45, 7) is 5.33. The maximum Gasteiger partial charge on any atom is 0.280 e. The molecule has 0 bridgehead atoms. The summed E-state index contributed by atoms with van der Waals surface area (Å²) in [5, 5.41) is 2.52. The molecule has 10 heteroatoms. The van der Waals surface area contributed by atoms with Crippen molar-refractivity contribution in [3.05, 3.63) is 16.7 Å². The molecular weight excluding hydrogens is 331 g/mol. The average molecular weight is 352 g/mol. The number of fused-ring (bicyclic) bond motifs is 1. The Bertz CT molecular complexity index is 847. The van der Waals surface area contributed by atoms with Gasteiger partial charge in [0.1, 0.15) is 0 Å². The lowest BCUT2D eigenvalue weighted by Crippen LogP contribution is -2.26. The number of carbonyl (C=O) groups excluding carboxylic acids is 1. The zero-order valence-corrected chi connectivity index (χ0v) is 14.2. The van der Waals surface area contributed by atoms with Gasteiger partial charge >= 0.3 is 0 Å². The number of aromatic amines is 1. The summed E-state index contributed by atoms with van der Waals surface area (Å²) >= 11 is 0. The molecule has 0 aliphatic carbocycles. The average Bonchev–Trinajstić information content (AvgIpc) is 3.10. The zero-order valence-electron chi connectivity index (χ0n) is 14.2. The number of nitrogens with one attached hydrogen (secondary N) is 2. The van der Waals surface area contributed by atoms with Crippen molar-refractivity contribution in [2.75, 3.05) is 11.9 Å². The van der Waals surface area contributed by atoms with E-state index in [9.17, 15) is 14.0 Å². The van der Waals surface area contributed by atoms with Crippen molar-refractivity contribution in [2.45, 2.75) is 39.3 Å². The Morgan fingerprint density at radius 2 is 2.28 bits per heavy atom. The van der Waals surface area contributed by atoms with Gasteiger partial charge in [0.05, 0.1) is 12.4 Å². The smallest absolute Gasteiger partial charge is 0.280 e. The molecule has 0 aromatic carbocycles. The Hall–Kier alpha value is -2.33. The first-order valence-electron chi connectivity index (χ1n) is 8.10. The summed E-state index contributed by atoms with van der Waals surface area (Å²) in [7, 11) is 0. The van der Waals surface area contributed by atoms with Crippen molar-refractivity contribution in [1.29, 1.82) is 0 Å². The second-order valence-corrected chi connectivity index (χ2v) is 6.49. The van der Waals surface area contributed by atoms with Gasteiger partial charge in [-0.1, -0.05) is 20.8 Å². The summed E-state index contributed by atoms with van der Waals surface area (Å²) in [6.07, 6.45) is -1.42. The van der Waals surface area contributed by atoms with Crippen LogP contribution in [0.2, 0.25) is 0 Å². The third kappa shape index (κ3) is 3.02. The van der Waals surface area contributed by atoms with Crippen LogP contribution in [0.15, 0.2) is 11.1 Å². The summed E-state index contributed by atoms with van der Waals surface area (Å²) < 4.78 is 21.7. The van der Waals surface area contributed by atoms with E-state index >= 15 is 0 Å². The number of hydrogen-bond donors (Lipinski definition) is 3. The lowest BCUT2D eigenvalue weighted by Gasteiger charge is -2.15. The van der Waals surface area contributed by atoms with Crippen molar-refractivity contribution >= 4 is 23.0 Å². The SMILES string of the molecule is CC(C)C(=O)Nc1nc2c(ncn2[C@@H]2O[C@H](CN)[C@@H](C)[C@H]2F)c(=O)[nH]1. The lowest BCUT2D eigenvalue weighted by molar-refractivity contribution is -0.118. The minimum absolute atomic E-state index is 0.0187. The van der Waals surface area contributed by atoms with Crippen LogP contribution in [-0.4, -0.2) is 44.2 Å². The Kier molecular flexibility index (Phi) is 4.56. The van der Waals surface area contributed by atoms with Crippen molar-refractivity contribution in [3.8, 4) is 0 Å².